The second-order valence-electron chi connectivity index (χ2n) is 4.49. The summed E-state index contributed by atoms with van der Waals surface area (Å²) in [5, 5.41) is 0. The van der Waals surface area contributed by atoms with Crippen molar-refractivity contribution in [3.63, 3.8) is 0 Å². The lowest BCUT2D eigenvalue weighted by atomic mass is 10.2. The van der Waals surface area contributed by atoms with Crippen LogP contribution in [0.15, 0.2) is 6.07 Å². The number of aryl methyl sites for hydroxylation is 1. The Hall–Kier alpha value is -0.700. The molecule has 0 unspecified atom stereocenters. The number of carbonyl (C=O) groups is 1. The van der Waals surface area contributed by atoms with E-state index in [1.54, 1.807) is 0 Å². The third-order valence-electron chi connectivity index (χ3n) is 2.83. The Kier molecular flexibility index (Phi) is 3.66. The second kappa shape index (κ2) is 4.44. The molecule has 0 fully saturated rings. The lowest BCUT2D eigenvalue weighted by Crippen LogP contribution is -2.23. The first kappa shape index (κ1) is 12.4. The lowest BCUT2D eigenvalue weighted by Gasteiger charge is -2.24. The lowest BCUT2D eigenvalue weighted by molar-refractivity contribution is 0.112. The molecule has 15 heavy (non-hydrogen) atoms. The number of hydrogen-bond acceptors (Lipinski definition) is 2. The van der Waals surface area contributed by atoms with Crippen molar-refractivity contribution in [3.8, 4) is 0 Å². The molecule has 0 saturated heterocycles. The molecule has 0 aliphatic carbocycles. The Morgan fingerprint density at radius 1 is 1.47 bits per heavy atom. The van der Waals surface area contributed by atoms with Crippen LogP contribution in [0.1, 0.15) is 35.6 Å². The molecule has 0 atom stereocenters. The maximum absolute atomic E-state index is 10.8. The van der Waals surface area contributed by atoms with E-state index < -0.39 is 0 Å². The molecule has 0 bridgehead atoms. The number of carbonyl (C=O) groups excluding carboxylic acids is 1. The van der Waals surface area contributed by atoms with Crippen LogP contribution in [0.2, 0.25) is 0 Å². The number of aromatic nitrogens is 1. The molecule has 0 radical (unpaired) electrons. The number of aldehydes is 1. The van der Waals surface area contributed by atoms with E-state index in [1.807, 2.05) is 24.8 Å². The van der Waals surface area contributed by atoms with Gasteiger partial charge >= 0.3 is 0 Å². The summed E-state index contributed by atoms with van der Waals surface area (Å²) in [6, 6.07) is 1.96. The van der Waals surface area contributed by atoms with Gasteiger partial charge in [0.15, 0.2) is 6.29 Å². The van der Waals surface area contributed by atoms with Crippen molar-refractivity contribution in [1.82, 2.24) is 4.57 Å². The van der Waals surface area contributed by atoms with Gasteiger partial charge in [-0.3, -0.25) is 4.79 Å². The van der Waals surface area contributed by atoms with E-state index in [0.29, 0.717) is 0 Å². The number of hydrogen-bond donors (Lipinski definition) is 0. The van der Waals surface area contributed by atoms with E-state index >= 15 is 0 Å². The average molecular weight is 225 g/mol. The van der Waals surface area contributed by atoms with E-state index in [0.717, 1.165) is 29.8 Å². The van der Waals surface area contributed by atoms with Crippen molar-refractivity contribution >= 4 is 18.0 Å². The van der Waals surface area contributed by atoms with Gasteiger partial charge in [0.2, 0.25) is 0 Å². The quantitative estimate of drug-likeness (QED) is 0.735. The Morgan fingerprint density at radius 3 is 2.47 bits per heavy atom. The highest BCUT2D eigenvalue weighted by Gasteiger charge is 2.19. The fraction of sp³-hybridized carbons (Fsp3) is 0.583. The van der Waals surface area contributed by atoms with Gasteiger partial charge in [0, 0.05) is 28.2 Å². The number of rotatable bonds is 4. The van der Waals surface area contributed by atoms with Crippen molar-refractivity contribution in [2.75, 3.05) is 6.26 Å². The molecule has 0 spiro atoms. The van der Waals surface area contributed by atoms with Gasteiger partial charge in [-0.1, -0.05) is 0 Å². The summed E-state index contributed by atoms with van der Waals surface area (Å²) in [5.74, 6) is 0. The first-order valence-electron chi connectivity index (χ1n) is 5.08. The van der Waals surface area contributed by atoms with Crippen LogP contribution in [0.25, 0.3) is 0 Å². The van der Waals surface area contributed by atoms with Crippen molar-refractivity contribution in [2.24, 2.45) is 0 Å². The van der Waals surface area contributed by atoms with Crippen LogP contribution >= 0.6 is 11.8 Å². The molecule has 1 aromatic heterocycles. The molecule has 0 aliphatic rings. The molecule has 1 aromatic rings. The van der Waals surface area contributed by atoms with E-state index in [4.69, 9.17) is 0 Å². The molecule has 0 saturated carbocycles. The molecule has 0 aromatic carbocycles. The summed E-state index contributed by atoms with van der Waals surface area (Å²) in [7, 11) is 0. The van der Waals surface area contributed by atoms with Crippen LogP contribution < -0.4 is 0 Å². The number of nitrogens with zero attached hydrogens (tertiary/aromatic N) is 1. The zero-order valence-electron chi connectivity index (χ0n) is 10.1. The van der Waals surface area contributed by atoms with Crippen molar-refractivity contribution in [3.05, 3.63) is 23.0 Å². The zero-order chi connectivity index (χ0) is 11.6. The first-order valence-corrected chi connectivity index (χ1v) is 6.31. The summed E-state index contributed by atoms with van der Waals surface area (Å²) in [5.41, 5.74) is 3.05. The highest BCUT2D eigenvalue weighted by Crippen LogP contribution is 2.26. The van der Waals surface area contributed by atoms with E-state index in [9.17, 15) is 4.79 Å². The van der Waals surface area contributed by atoms with Crippen molar-refractivity contribution in [1.29, 1.82) is 0 Å². The van der Waals surface area contributed by atoms with Gasteiger partial charge < -0.3 is 4.57 Å². The SMILES string of the molecule is CSC(C)(C)Cn1c(C)cc(C=O)c1C. The van der Waals surface area contributed by atoms with Crippen LogP contribution in [0.4, 0.5) is 0 Å². The summed E-state index contributed by atoms with van der Waals surface area (Å²) in [6.07, 6.45) is 3.06. The molecule has 3 heteroatoms. The fourth-order valence-corrected chi connectivity index (χ4v) is 1.89. The van der Waals surface area contributed by atoms with E-state index in [1.165, 1.54) is 0 Å². The third-order valence-corrected chi connectivity index (χ3v) is 4.07. The standard InChI is InChI=1S/C12H19NOS/c1-9-6-11(7-14)10(2)13(9)8-12(3,4)15-5/h6-7H,8H2,1-5H3. The minimum Gasteiger partial charge on any atom is -0.347 e. The fourth-order valence-electron chi connectivity index (χ4n) is 1.64. The third kappa shape index (κ3) is 2.65. The maximum atomic E-state index is 10.8. The Balaban J connectivity index is 3.04. The molecule has 0 aliphatic heterocycles. The first-order chi connectivity index (χ1) is 6.91. The van der Waals surface area contributed by atoms with Gasteiger partial charge in [0.05, 0.1) is 0 Å². The molecular formula is C12H19NOS. The summed E-state index contributed by atoms with van der Waals surface area (Å²) in [4.78, 5) is 10.8. The summed E-state index contributed by atoms with van der Waals surface area (Å²) < 4.78 is 2.43. The predicted molar refractivity (Wildman–Crippen MR) is 66.9 cm³/mol. The van der Waals surface area contributed by atoms with Crippen LogP contribution in [0.5, 0.6) is 0 Å². The molecular weight excluding hydrogens is 206 g/mol. The van der Waals surface area contributed by atoms with Gasteiger partial charge in [-0.15, -0.1) is 0 Å². The van der Waals surface area contributed by atoms with Gasteiger partial charge in [-0.2, -0.15) is 11.8 Å². The molecule has 84 valence electrons. The summed E-state index contributed by atoms with van der Waals surface area (Å²) >= 11 is 1.85. The minimum atomic E-state index is 0.203. The van der Waals surface area contributed by atoms with Crippen molar-refractivity contribution in [2.45, 2.75) is 39.0 Å². The second-order valence-corrected chi connectivity index (χ2v) is 6.01. The molecule has 1 heterocycles. The van der Waals surface area contributed by atoms with E-state index in [2.05, 4.69) is 31.6 Å². The highest BCUT2D eigenvalue weighted by atomic mass is 32.2. The van der Waals surface area contributed by atoms with E-state index in [-0.39, 0.29) is 4.75 Å². The Bertz CT molecular complexity index is 366. The van der Waals surface area contributed by atoms with Crippen LogP contribution in [0.3, 0.4) is 0 Å². The van der Waals surface area contributed by atoms with Gasteiger partial charge in [0.1, 0.15) is 0 Å². The minimum absolute atomic E-state index is 0.203. The van der Waals surface area contributed by atoms with Gasteiger partial charge in [-0.25, -0.2) is 0 Å². The smallest absolute Gasteiger partial charge is 0.151 e. The van der Waals surface area contributed by atoms with Crippen LogP contribution in [0, 0.1) is 13.8 Å². The van der Waals surface area contributed by atoms with Gasteiger partial charge in [0.25, 0.3) is 0 Å². The largest absolute Gasteiger partial charge is 0.347 e. The van der Waals surface area contributed by atoms with Crippen LogP contribution in [-0.2, 0) is 6.54 Å². The normalized spacial score (nSPS) is 11.8. The number of thioether (sulfide) groups is 1. The van der Waals surface area contributed by atoms with Crippen molar-refractivity contribution < 1.29 is 4.79 Å². The molecule has 0 amide bonds. The Morgan fingerprint density at radius 2 is 2.07 bits per heavy atom. The highest BCUT2D eigenvalue weighted by molar-refractivity contribution is 7.99. The molecule has 2 nitrogen and oxygen atoms in total. The van der Waals surface area contributed by atoms with Gasteiger partial charge in [-0.05, 0) is 40.0 Å². The molecule has 0 N–H and O–H groups in total. The predicted octanol–water partition coefficient (Wildman–Crippen LogP) is 3.06. The topological polar surface area (TPSA) is 22.0 Å². The average Bonchev–Trinajstić information content (AvgIpc) is 2.45. The van der Waals surface area contributed by atoms with Crippen LogP contribution in [-0.4, -0.2) is 21.9 Å². The summed E-state index contributed by atoms with van der Waals surface area (Å²) in [6.45, 7) is 9.44. The Labute approximate surface area is 96.1 Å². The maximum Gasteiger partial charge on any atom is 0.151 e. The monoisotopic (exact) mass is 225 g/mol. The molecule has 1 rings (SSSR count). The zero-order valence-corrected chi connectivity index (χ0v) is 10.9.